The molecule has 2 nitrogen and oxygen atoms in total. The van der Waals surface area contributed by atoms with Crippen molar-refractivity contribution < 1.29 is 4.74 Å². The summed E-state index contributed by atoms with van der Waals surface area (Å²) in [6.07, 6.45) is 4.52. The second-order valence-electron chi connectivity index (χ2n) is 5.34. The zero-order valence-corrected chi connectivity index (χ0v) is 11.8. The normalized spacial score (nSPS) is 19.3. The maximum Gasteiger partial charge on any atom is 0.0745 e. The fourth-order valence-corrected chi connectivity index (χ4v) is 2.44. The Morgan fingerprint density at radius 2 is 1.94 bits per heavy atom. The summed E-state index contributed by atoms with van der Waals surface area (Å²) >= 11 is 0. The summed E-state index contributed by atoms with van der Waals surface area (Å²) < 4.78 is 6.12. The maximum absolute atomic E-state index is 6.12. The Hall–Kier alpha value is -0.860. The highest BCUT2D eigenvalue weighted by atomic mass is 16.5. The van der Waals surface area contributed by atoms with Crippen LogP contribution in [0.5, 0.6) is 0 Å². The van der Waals surface area contributed by atoms with Crippen LogP contribution in [-0.2, 0) is 4.74 Å². The molecule has 2 heteroatoms. The molecule has 0 spiro atoms. The first-order valence-electron chi connectivity index (χ1n) is 7.16. The van der Waals surface area contributed by atoms with Crippen LogP contribution in [-0.4, -0.2) is 18.8 Å². The number of benzene rings is 1. The third-order valence-electron chi connectivity index (χ3n) is 3.79. The van der Waals surface area contributed by atoms with Gasteiger partial charge in [0.1, 0.15) is 0 Å². The van der Waals surface area contributed by atoms with E-state index in [1.54, 1.807) is 0 Å². The van der Waals surface area contributed by atoms with Crippen molar-refractivity contribution in [2.24, 2.45) is 0 Å². The second kappa shape index (κ2) is 6.35. The third-order valence-corrected chi connectivity index (χ3v) is 3.79. The van der Waals surface area contributed by atoms with Crippen molar-refractivity contribution in [2.45, 2.75) is 58.3 Å². The van der Waals surface area contributed by atoms with Gasteiger partial charge in [-0.1, -0.05) is 36.8 Å². The number of hydrogen-bond acceptors (Lipinski definition) is 2. The van der Waals surface area contributed by atoms with E-state index in [2.05, 4.69) is 50.4 Å². The molecule has 1 N–H and O–H groups in total. The van der Waals surface area contributed by atoms with E-state index < -0.39 is 0 Å². The minimum absolute atomic E-state index is 0.234. The van der Waals surface area contributed by atoms with Gasteiger partial charge in [0.25, 0.3) is 0 Å². The monoisotopic (exact) mass is 247 g/mol. The number of aryl methyl sites for hydroxylation is 1. The predicted octanol–water partition coefficient (Wildman–Crippen LogP) is 3.60. The zero-order valence-electron chi connectivity index (χ0n) is 11.8. The molecule has 0 aliphatic heterocycles. The molecule has 1 aromatic carbocycles. The van der Waals surface area contributed by atoms with Gasteiger partial charge in [0.15, 0.2) is 0 Å². The topological polar surface area (TPSA) is 21.3 Å². The highest BCUT2D eigenvalue weighted by Gasteiger charge is 2.25. The molecule has 1 aromatic rings. The van der Waals surface area contributed by atoms with Gasteiger partial charge in [-0.15, -0.1) is 0 Å². The van der Waals surface area contributed by atoms with Gasteiger partial charge in [0.2, 0.25) is 0 Å². The average molecular weight is 247 g/mol. The van der Waals surface area contributed by atoms with Crippen LogP contribution >= 0.6 is 0 Å². The minimum atomic E-state index is 0.234. The van der Waals surface area contributed by atoms with Crippen LogP contribution in [0.3, 0.4) is 0 Å². The lowest BCUT2D eigenvalue weighted by molar-refractivity contribution is -0.0581. The Morgan fingerprint density at radius 1 is 1.28 bits per heavy atom. The quantitative estimate of drug-likeness (QED) is 0.829. The fourth-order valence-electron chi connectivity index (χ4n) is 2.44. The van der Waals surface area contributed by atoms with Crippen molar-refractivity contribution in [3.63, 3.8) is 0 Å². The van der Waals surface area contributed by atoms with E-state index in [0.29, 0.717) is 12.1 Å². The zero-order chi connectivity index (χ0) is 13.0. The second-order valence-corrected chi connectivity index (χ2v) is 5.34. The molecule has 2 unspecified atom stereocenters. The highest BCUT2D eigenvalue weighted by Crippen LogP contribution is 2.27. The Bertz CT molecular complexity index is 356. The summed E-state index contributed by atoms with van der Waals surface area (Å²) in [5, 5.41) is 3.55. The summed E-state index contributed by atoms with van der Waals surface area (Å²) in [4.78, 5) is 0. The molecule has 2 rings (SSSR count). The Balaban J connectivity index is 2.03. The van der Waals surface area contributed by atoms with Gasteiger partial charge in [-0.3, -0.25) is 0 Å². The van der Waals surface area contributed by atoms with Crippen LogP contribution in [0.25, 0.3) is 0 Å². The van der Waals surface area contributed by atoms with Crippen molar-refractivity contribution in [3.8, 4) is 0 Å². The molecule has 0 heterocycles. The highest BCUT2D eigenvalue weighted by molar-refractivity contribution is 5.24. The van der Waals surface area contributed by atoms with Gasteiger partial charge in [-0.05, 0) is 45.2 Å². The average Bonchev–Trinajstić information content (AvgIpc) is 2.32. The first-order valence-corrected chi connectivity index (χ1v) is 7.16. The Labute approximate surface area is 111 Å². The predicted molar refractivity (Wildman–Crippen MR) is 75.8 cm³/mol. The van der Waals surface area contributed by atoms with Gasteiger partial charge in [-0.25, -0.2) is 0 Å². The molecule has 1 saturated carbocycles. The van der Waals surface area contributed by atoms with Crippen LogP contribution in [0.2, 0.25) is 0 Å². The largest absolute Gasteiger partial charge is 0.373 e. The molecule has 0 saturated heterocycles. The first-order chi connectivity index (χ1) is 8.70. The standard InChI is InChI=1S/C16H25NO/c1-4-17-16(13(3)18-15-6-5-7-15)14-10-8-12(2)9-11-14/h8-11,13,15-17H,4-7H2,1-3H3. The van der Waals surface area contributed by atoms with Gasteiger partial charge in [0.05, 0.1) is 18.2 Å². The van der Waals surface area contributed by atoms with E-state index in [0.717, 1.165) is 6.54 Å². The number of nitrogens with one attached hydrogen (secondary N) is 1. The molecular weight excluding hydrogens is 222 g/mol. The van der Waals surface area contributed by atoms with Crippen molar-refractivity contribution >= 4 is 0 Å². The van der Waals surface area contributed by atoms with E-state index >= 15 is 0 Å². The molecule has 0 radical (unpaired) electrons. The van der Waals surface area contributed by atoms with Crippen molar-refractivity contribution in [3.05, 3.63) is 35.4 Å². The SMILES string of the molecule is CCNC(c1ccc(C)cc1)C(C)OC1CCC1. The summed E-state index contributed by atoms with van der Waals surface area (Å²) in [7, 11) is 0. The molecule has 1 fully saturated rings. The molecule has 0 amide bonds. The molecule has 0 bridgehead atoms. The van der Waals surface area contributed by atoms with E-state index in [1.807, 2.05) is 0 Å². The smallest absolute Gasteiger partial charge is 0.0745 e. The summed E-state index contributed by atoms with van der Waals surface area (Å²) in [5.74, 6) is 0. The van der Waals surface area contributed by atoms with Gasteiger partial charge in [0, 0.05) is 0 Å². The van der Waals surface area contributed by atoms with Gasteiger partial charge < -0.3 is 10.1 Å². The Morgan fingerprint density at radius 3 is 2.44 bits per heavy atom. The maximum atomic E-state index is 6.12. The number of rotatable bonds is 6. The van der Waals surface area contributed by atoms with E-state index in [-0.39, 0.29) is 6.10 Å². The lowest BCUT2D eigenvalue weighted by Crippen LogP contribution is -2.36. The van der Waals surface area contributed by atoms with Crippen LogP contribution < -0.4 is 5.32 Å². The van der Waals surface area contributed by atoms with E-state index in [9.17, 15) is 0 Å². The molecule has 100 valence electrons. The molecular formula is C16H25NO. The van der Waals surface area contributed by atoms with Crippen molar-refractivity contribution in [1.29, 1.82) is 0 Å². The molecule has 2 atom stereocenters. The first kappa shape index (κ1) is 13.6. The number of likely N-dealkylation sites (N-methyl/N-ethyl adjacent to an activating group) is 1. The summed E-state index contributed by atoms with van der Waals surface area (Å²) in [6.45, 7) is 7.43. The lowest BCUT2D eigenvalue weighted by Gasteiger charge is -2.33. The van der Waals surface area contributed by atoms with Gasteiger partial charge >= 0.3 is 0 Å². The summed E-state index contributed by atoms with van der Waals surface area (Å²) in [5.41, 5.74) is 2.64. The third kappa shape index (κ3) is 3.33. The van der Waals surface area contributed by atoms with Crippen molar-refractivity contribution in [2.75, 3.05) is 6.54 Å². The van der Waals surface area contributed by atoms with Crippen molar-refractivity contribution in [1.82, 2.24) is 5.32 Å². The fraction of sp³-hybridized carbons (Fsp3) is 0.625. The van der Waals surface area contributed by atoms with Crippen LogP contribution in [0.15, 0.2) is 24.3 Å². The molecule has 0 aromatic heterocycles. The van der Waals surface area contributed by atoms with E-state index in [1.165, 1.54) is 30.4 Å². The van der Waals surface area contributed by atoms with Crippen LogP contribution in [0.4, 0.5) is 0 Å². The molecule has 1 aliphatic rings. The Kier molecular flexibility index (Phi) is 4.79. The van der Waals surface area contributed by atoms with Crippen LogP contribution in [0, 0.1) is 6.92 Å². The summed E-state index contributed by atoms with van der Waals surface area (Å²) in [6, 6.07) is 9.08. The van der Waals surface area contributed by atoms with Crippen LogP contribution in [0.1, 0.15) is 50.3 Å². The number of ether oxygens (including phenoxy) is 1. The molecule has 1 aliphatic carbocycles. The number of hydrogen-bond donors (Lipinski definition) is 1. The molecule has 18 heavy (non-hydrogen) atoms. The minimum Gasteiger partial charge on any atom is -0.373 e. The van der Waals surface area contributed by atoms with Gasteiger partial charge in [-0.2, -0.15) is 0 Å². The lowest BCUT2D eigenvalue weighted by atomic mass is 9.95. The van der Waals surface area contributed by atoms with E-state index in [4.69, 9.17) is 4.74 Å².